The second-order valence-electron chi connectivity index (χ2n) is 17.4. The number of hydrogen-bond acceptors (Lipinski definition) is 6. The summed E-state index contributed by atoms with van der Waals surface area (Å²) in [6, 6.07) is 0. The van der Waals surface area contributed by atoms with Crippen LogP contribution in [0.4, 0.5) is 0 Å². The molecule has 0 spiro atoms. The number of allylic oxidation sites excluding steroid dienone is 14. The van der Waals surface area contributed by atoms with Crippen LogP contribution in [0.3, 0.4) is 0 Å². The van der Waals surface area contributed by atoms with Crippen molar-refractivity contribution in [1.82, 2.24) is 0 Å². The zero-order valence-electron chi connectivity index (χ0n) is 41.8. The van der Waals surface area contributed by atoms with E-state index in [1.54, 1.807) is 0 Å². The molecule has 0 aromatic rings. The summed E-state index contributed by atoms with van der Waals surface area (Å²) in [6.07, 6.45) is 67.1. The number of ether oxygens (including phenoxy) is 3. The van der Waals surface area contributed by atoms with Gasteiger partial charge in [0.05, 0.1) is 0 Å². The lowest BCUT2D eigenvalue weighted by molar-refractivity contribution is -0.167. The molecular weight excluding hydrogens is 793 g/mol. The van der Waals surface area contributed by atoms with Crippen LogP contribution in [0.2, 0.25) is 0 Å². The standard InChI is InChI=1S/C58H98O6/c1-4-7-10-13-16-19-22-24-26-28-29-31-32-34-36-39-42-45-48-51-57(60)63-54-55(53-62-56(59)50-47-44-41-38-21-18-15-12-9-6-3)64-58(61)52-49-46-43-40-37-35-33-30-27-25-23-20-17-14-11-8-5-2/h7,10,16-17,19-20,24-27,29,31,34,36,55H,4-6,8-9,11-15,18,21-23,28,30,32-33,35,37-54H2,1-3H3/b10-7-,19-16-,20-17-,26-24-,27-25-,31-29-,36-34-. The SMILES string of the molecule is CC/C=C\C/C=C\C/C=C\C/C=C\C/C=C\CCCCCC(=O)OCC(COC(=O)CCCCCCCCCCCC)OC(=O)CCCCCCCCC/C=C\C/C=C\CCCCC. The van der Waals surface area contributed by atoms with E-state index >= 15 is 0 Å². The van der Waals surface area contributed by atoms with Gasteiger partial charge in [0, 0.05) is 19.3 Å². The Hall–Kier alpha value is -3.41. The van der Waals surface area contributed by atoms with E-state index in [-0.39, 0.29) is 31.1 Å². The minimum absolute atomic E-state index is 0.0895. The van der Waals surface area contributed by atoms with Crippen LogP contribution in [0.5, 0.6) is 0 Å². The molecular formula is C58H98O6. The van der Waals surface area contributed by atoms with Gasteiger partial charge in [-0.3, -0.25) is 14.4 Å². The van der Waals surface area contributed by atoms with Crippen molar-refractivity contribution >= 4 is 17.9 Å². The van der Waals surface area contributed by atoms with E-state index in [1.165, 1.54) is 96.3 Å². The van der Waals surface area contributed by atoms with Crippen LogP contribution >= 0.6 is 0 Å². The van der Waals surface area contributed by atoms with Crippen molar-refractivity contribution in [2.24, 2.45) is 0 Å². The second kappa shape index (κ2) is 52.2. The van der Waals surface area contributed by atoms with E-state index in [4.69, 9.17) is 14.2 Å². The maximum Gasteiger partial charge on any atom is 0.306 e. The first-order chi connectivity index (χ1) is 31.5. The minimum Gasteiger partial charge on any atom is -0.462 e. The van der Waals surface area contributed by atoms with Gasteiger partial charge in [-0.25, -0.2) is 0 Å². The van der Waals surface area contributed by atoms with E-state index < -0.39 is 6.10 Å². The zero-order valence-corrected chi connectivity index (χ0v) is 41.8. The summed E-state index contributed by atoms with van der Waals surface area (Å²) in [7, 11) is 0. The van der Waals surface area contributed by atoms with Gasteiger partial charge in [0.2, 0.25) is 0 Å². The Bertz CT molecular complexity index is 1250. The van der Waals surface area contributed by atoms with Crippen molar-refractivity contribution in [3.05, 3.63) is 85.1 Å². The summed E-state index contributed by atoms with van der Waals surface area (Å²) in [5, 5.41) is 0. The Morgan fingerprint density at radius 3 is 1.00 bits per heavy atom. The largest absolute Gasteiger partial charge is 0.462 e. The second-order valence-corrected chi connectivity index (χ2v) is 17.4. The number of hydrogen-bond donors (Lipinski definition) is 0. The first-order valence-electron chi connectivity index (χ1n) is 26.6. The van der Waals surface area contributed by atoms with Gasteiger partial charge in [0.1, 0.15) is 13.2 Å². The molecule has 0 aliphatic rings. The summed E-state index contributed by atoms with van der Waals surface area (Å²) in [5.74, 6) is -0.931. The van der Waals surface area contributed by atoms with Crippen LogP contribution in [0, 0.1) is 0 Å². The fraction of sp³-hybridized carbons (Fsp3) is 0.707. The Balaban J connectivity index is 4.42. The normalized spacial score (nSPS) is 12.7. The molecule has 0 aromatic carbocycles. The van der Waals surface area contributed by atoms with Gasteiger partial charge in [0.15, 0.2) is 6.10 Å². The van der Waals surface area contributed by atoms with E-state index in [9.17, 15) is 14.4 Å². The lowest BCUT2D eigenvalue weighted by atomic mass is 10.1. The molecule has 0 aliphatic heterocycles. The van der Waals surface area contributed by atoms with Crippen LogP contribution in [-0.4, -0.2) is 37.2 Å². The van der Waals surface area contributed by atoms with Crippen LogP contribution in [0.1, 0.15) is 245 Å². The molecule has 0 fully saturated rings. The summed E-state index contributed by atoms with van der Waals surface area (Å²) < 4.78 is 16.8. The maximum absolute atomic E-state index is 12.8. The van der Waals surface area contributed by atoms with Crippen molar-refractivity contribution in [2.45, 2.75) is 252 Å². The quantitative estimate of drug-likeness (QED) is 0.0262. The number of esters is 3. The maximum atomic E-state index is 12.8. The molecule has 0 saturated heterocycles. The van der Waals surface area contributed by atoms with Gasteiger partial charge in [-0.05, 0) is 96.3 Å². The molecule has 1 unspecified atom stereocenters. The summed E-state index contributed by atoms with van der Waals surface area (Å²) in [4.78, 5) is 38.0. The van der Waals surface area contributed by atoms with Crippen molar-refractivity contribution < 1.29 is 28.6 Å². The van der Waals surface area contributed by atoms with Crippen molar-refractivity contribution in [3.8, 4) is 0 Å². The fourth-order valence-electron chi connectivity index (χ4n) is 7.15. The van der Waals surface area contributed by atoms with E-state index in [1.807, 2.05) is 0 Å². The lowest BCUT2D eigenvalue weighted by Gasteiger charge is -2.18. The molecule has 366 valence electrons. The van der Waals surface area contributed by atoms with Gasteiger partial charge >= 0.3 is 17.9 Å². The Morgan fingerprint density at radius 2 is 0.609 bits per heavy atom. The molecule has 6 nitrogen and oxygen atoms in total. The third-order valence-corrected chi connectivity index (χ3v) is 11.1. The van der Waals surface area contributed by atoms with Crippen molar-refractivity contribution in [2.75, 3.05) is 13.2 Å². The molecule has 0 rings (SSSR count). The molecule has 6 heteroatoms. The van der Waals surface area contributed by atoms with Crippen LogP contribution in [0.15, 0.2) is 85.1 Å². The molecule has 0 aromatic heterocycles. The lowest BCUT2D eigenvalue weighted by Crippen LogP contribution is -2.30. The predicted octanol–water partition coefficient (Wildman–Crippen LogP) is 17.6. The fourth-order valence-corrected chi connectivity index (χ4v) is 7.15. The predicted molar refractivity (Wildman–Crippen MR) is 274 cm³/mol. The third kappa shape index (κ3) is 49.6. The molecule has 64 heavy (non-hydrogen) atoms. The van der Waals surface area contributed by atoms with Gasteiger partial charge in [-0.15, -0.1) is 0 Å². The van der Waals surface area contributed by atoms with Gasteiger partial charge in [-0.1, -0.05) is 215 Å². The van der Waals surface area contributed by atoms with Crippen LogP contribution < -0.4 is 0 Å². The average molecular weight is 891 g/mol. The summed E-state index contributed by atoms with van der Waals surface area (Å²) in [6.45, 7) is 6.45. The third-order valence-electron chi connectivity index (χ3n) is 11.1. The molecule has 0 saturated carbocycles. The highest BCUT2D eigenvalue weighted by molar-refractivity contribution is 5.71. The first-order valence-corrected chi connectivity index (χ1v) is 26.6. The average Bonchev–Trinajstić information content (AvgIpc) is 3.29. The molecule has 0 heterocycles. The smallest absolute Gasteiger partial charge is 0.306 e. The zero-order chi connectivity index (χ0) is 46.5. The van der Waals surface area contributed by atoms with Crippen LogP contribution in [-0.2, 0) is 28.6 Å². The van der Waals surface area contributed by atoms with E-state index in [2.05, 4.69) is 106 Å². The summed E-state index contributed by atoms with van der Waals surface area (Å²) in [5.41, 5.74) is 0. The topological polar surface area (TPSA) is 78.9 Å². The highest BCUT2D eigenvalue weighted by Crippen LogP contribution is 2.14. The van der Waals surface area contributed by atoms with Crippen molar-refractivity contribution in [3.63, 3.8) is 0 Å². The monoisotopic (exact) mass is 891 g/mol. The molecule has 0 radical (unpaired) electrons. The van der Waals surface area contributed by atoms with Gasteiger partial charge < -0.3 is 14.2 Å². The Kier molecular flexibility index (Phi) is 49.4. The Labute approximate surface area is 395 Å². The highest BCUT2D eigenvalue weighted by Gasteiger charge is 2.19. The summed E-state index contributed by atoms with van der Waals surface area (Å²) >= 11 is 0. The number of rotatable bonds is 47. The molecule has 0 N–H and O–H groups in total. The Morgan fingerprint density at radius 1 is 0.328 bits per heavy atom. The highest BCUT2D eigenvalue weighted by atomic mass is 16.6. The van der Waals surface area contributed by atoms with Gasteiger partial charge in [0.25, 0.3) is 0 Å². The number of carbonyl (C=O) groups is 3. The van der Waals surface area contributed by atoms with Crippen LogP contribution in [0.25, 0.3) is 0 Å². The molecule has 0 amide bonds. The molecule has 0 aliphatic carbocycles. The van der Waals surface area contributed by atoms with Gasteiger partial charge in [-0.2, -0.15) is 0 Å². The van der Waals surface area contributed by atoms with E-state index in [0.29, 0.717) is 19.3 Å². The molecule has 1 atom stereocenters. The number of unbranched alkanes of at least 4 members (excludes halogenated alkanes) is 22. The first kappa shape index (κ1) is 60.6. The van der Waals surface area contributed by atoms with E-state index in [0.717, 1.165) is 109 Å². The van der Waals surface area contributed by atoms with Crippen molar-refractivity contribution in [1.29, 1.82) is 0 Å². The molecule has 0 bridgehead atoms. The minimum atomic E-state index is -0.792. The number of carbonyl (C=O) groups excluding carboxylic acids is 3.